The minimum Gasteiger partial charge on any atom is -0.352 e. The molecule has 0 aromatic rings. The Hall–Kier alpha value is -0.220. The molecule has 3 nitrogen and oxygen atoms in total. The Morgan fingerprint density at radius 1 is 1.38 bits per heavy atom. The molecule has 0 bridgehead atoms. The largest absolute Gasteiger partial charge is 0.352 e. The number of amides is 1. The van der Waals surface area contributed by atoms with E-state index < -0.39 is 0 Å². The van der Waals surface area contributed by atoms with E-state index in [1.54, 1.807) is 0 Å². The summed E-state index contributed by atoms with van der Waals surface area (Å²) in [5.41, 5.74) is 0. The fourth-order valence-corrected chi connectivity index (χ4v) is 2.59. The monoisotopic (exact) mass is 244 g/mol. The minimum absolute atomic E-state index is 0.143. The summed E-state index contributed by atoms with van der Waals surface area (Å²) in [5, 5.41) is 6.27. The van der Waals surface area contributed by atoms with Gasteiger partial charge in [-0.25, -0.2) is 0 Å². The van der Waals surface area contributed by atoms with Gasteiger partial charge in [0.2, 0.25) is 5.91 Å². The summed E-state index contributed by atoms with van der Waals surface area (Å²) in [7, 11) is 0. The number of carbonyl (C=O) groups excluding carboxylic acids is 1. The number of rotatable bonds is 8. The molecule has 0 aromatic heterocycles. The molecule has 1 fully saturated rings. The van der Waals surface area contributed by atoms with E-state index in [2.05, 4.69) is 30.7 Å². The van der Waals surface area contributed by atoms with Crippen LogP contribution in [-0.4, -0.2) is 36.0 Å². The summed E-state index contributed by atoms with van der Waals surface area (Å²) in [6, 6.07) is 0.469. The van der Waals surface area contributed by atoms with Gasteiger partial charge in [0.05, 0.1) is 6.54 Å². The summed E-state index contributed by atoms with van der Waals surface area (Å²) in [4.78, 5) is 11.5. The van der Waals surface area contributed by atoms with Crippen molar-refractivity contribution in [1.82, 2.24) is 10.6 Å². The molecule has 0 unspecified atom stereocenters. The highest BCUT2D eigenvalue weighted by atomic mass is 32.2. The van der Waals surface area contributed by atoms with Crippen molar-refractivity contribution >= 4 is 17.7 Å². The van der Waals surface area contributed by atoms with E-state index >= 15 is 0 Å². The van der Waals surface area contributed by atoms with Crippen LogP contribution in [0.4, 0.5) is 0 Å². The van der Waals surface area contributed by atoms with Crippen molar-refractivity contribution < 1.29 is 4.79 Å². The van der Waals surface area contributed by atoms with E-state index in [-0.39, 0.29) is 5.91 Å². The third-order valence-corrected chi connectivity index (χ3v) is 4.98. The van der Waals surface area contributed by atoms with Gasteiger partial charge in [0.15, 0.2) is 0 Å². The van der Waals surface area contributed by atoms with E-state index in [9.17, 15) is 4.79 Å². The first-order valence-corrected chi connectivity index (χ1v) is 7.43. The van der Waals surface area contributed by atoms with Crippen molar-refractivity contribution in [3.05, 3.63) is 0 Å². The zero-order valence-corrected chi connectivity index (χ0v) is 11.5. The molecule has 0 heterocycles. The molecule has 1 rings (SSSR count). The number of thioether (sulfide) groups is 1. The Labute approximate surface area is 103 Å². The standard InChI is InChI=1S/C12H24N2OS/c1-4-12(5-2,16-3)9-13-8-11(15)14-10-6-7-10/h10,13H,4-9H2,1-3H3,(H,14,15). The quantitative estimate of drug-likeness (QED) is 0.684. The maximum absolute atomic E-state index is 11.5. The van der Waals surface area contributed by atoms with Crippen LogP contribution in [0.3, 0.4) is 0 Å². The number of hydrogen-bond acceptors (Lipinski definition) is 3. The van der Waals surface area contributed by atoms with Gasteiger partial charge in [-0.2, -0.15) is 11.8 Å². The molecule has 0 aliphatic heterocycles. The maximum atomic E-state index is 11.5. The third-order valence-electron chi connectivity index (χ3n) is 3.40. The lowest BCUT2D eigenvalue weighted by molar-refractivity contribution is -0.120. The summed E-state index contributed by atoms with van der Waals surface area (Å²) in [5.74, 6) is 0.143. The summed E-state index contributed by atoms with van der Waals surface area (Å²) in [6.45, 7) is 5.80. The first kappa shape index (κ1) is 13.8. The smallest absolute Gasteiger partial charge is 0.234 e. The Morgan fingerprint density at radius 3 is 2.44 bits per heavy atom. The minimum atomic E-state index is 0.143. The van der Waals surface area contributed by atoms with Crippen LogP contribution in [0.25, 0.3) is 0 Å². The number of carbonyl (C=O) groups is 1. The average molecular weight is 244 g/mol. The molecule has 1 aliphatic rings. The first-order chi connectivity index (χ1) is 7.65. The fraction of sp³-hybridized carbons (Fsp3) is 0.917. The van der Waals surface area contributed by atoms with Gasteiger partial charge in [-0.15, -0.1) is 0 Å². The SMILES string of the molecule is CCC(CC)(CNCC(=O)NC1CC1)SC. The van der Waals surface area contributed by atoms with Crippen LogP contribution in [-0.2, 0) is 4.79 Å². The first-order valence-electron chi connectivity index (χ1n) is 6.21. The molecular weight excluding hydrogens is 220 g/mol. The van der Waals surface area contributed by atoms with Crippen LogP contribution in [0.5, 0.6) is 0 Å². The van der Waals surface area contributed by atoms with Gasteiger partial charge < -0.3 is 10.6 Å². The second-order valence-electron chi connectivity index (χ2n) is 4.54. The molecule has 94 valence electrons. The predicted octanol–water partition coefficient (Wildman–Crippen LogP) is 1.78. The lowest BCUT2D eigenvalue weighted by atomic mass is 10.0. The van der Waals surface area contributed by atoms with Crippen LogP contribution in [0.15, 0.2) is 0 Å². The lowest BCUT2D eigenvalue weighted by Gasteiger charge is -2.29. The van der Waals surface area contributed by atoms with Crippen molar-refractivity contribution in [3.8, 4) is 0 Å². The van der Waals surface area contributed by atoms with Gasteiger partial charge in [-0.1, -0.05) is 13.8 Å². The molecule has 0 radical (unpaired) electrons. The van der Waals surface area contributed by atoms with Gasteiger partial charge in [0.1, 0.15) is 0 Å². The highest BCUT2D eigenvalue weighted by Crippen LogP contribution is 2.29. The van der Waals surface area contributed by atoms with Gasteiger partial charge >= 0.3 is 0 Å². The second-order valence-corrected chi connectivity index (χ2v) is 5.81. The third kappa shape index (κ3) is 4.34. The molecule has 1 aliphatic carbocycles. The van der Waals surface area contributed by atoms with E-state index in [4.69, 9.17) is 0 Å². The zero-order valence-electron chi connectivity index (χ0n) is 10.6. The molecule has 16 heavy (non-hydrogen) atoms. The normalized spacial score (nSPS) is 16.2. The Bertz CT molecular complexity index is 217. The highest BCUT2D eigenvalue weighted by molar-refractivity contribution is 8.00. The fourth-order valence-electron chi connectivity index (χ4n) is 1.77. The average Bonchev–Trinajstić information content (AvgIpc) is 3.09. The van der Waals surface area contributed by atoms with Crippen LogP contribution in [0, 0.1) is 0 Å². The molecule has 0 aromatic carbocycles. The van der Waals surface area contributed by atoms with Crippen LogP contribution >= 0.6 is 11.8 Å². The van der Waals surface area contributed by atoms with E-state index in [1.165, 1.54) is 0 Å². The van der Waals surface area contributed by atoms with Gasteiger partial charge in [-0.05, 0) is 31.9 Å². The second kappa shape index (κ2) is 6.50. The molecule has 4 heteroatoms. The molecular formula is C12H24N2OS. The number of hydrogen-bond donors (Lipinski definition) is 2. The van der Waals surface area contributed by atoms with Gasteiger partial charge in [0, 0.05) is 17.3 Å². The molecule has 1 saturated carbocycles. The molecule has 2 N–H and O–H groups in total. The van der Waals surface area contributed by atoms with Crippen LogP contribution in [0.2, 0.25) is 0 Å². The van der Waals surface area contributed by atoms with Gasteiger partial charge in [-0.3, -0.25) is 4.79 Å². The zero-order chi connectivity index (χ0) is 12.0. The molecule has 0 saturated heterocycles. The van der Waals surface area contributed by atoms with E-state index in [0.717, 1.165) is 32.2 Å². The van der Waals surface area contributed by atoms with Crippen molar-refractivity contribution in [3.63, 3.8) is 0 Å². The van der Waals surface area contributed by atoms with Gasteiger partial charge in [0.25, 0.3) is 0 Å². The maximum Gasteiger partial charge on any atom is 0.234 e. The lowest BCUT2D eigenvalue weighted by Crippen LogP contribution is -2.42. The molecule has 1 amide bonds. The van der Waals surface area contributed by atoms with Crippen molar-refractivity contribution in [2.24, 2.45) is 0 Å². The Morgan fingerprint density at radius 2 is 2.00 bits per heavy atom. The van der Waals surface area contributed by atoms with Crippen LogP contribution in [0.1, 0.15) is 39.5 Å². The van der Waals surface area contributed by atoms with Crippen molar-refractivity contribution in [1.29, 1.82) is 0 Å². The Kier molecular flexibility index (Phi) is 5.62. The van der Waals surface area contributed by atoms with E-state index in [0.29, 0.717) is 17.3 Å². The van der Waals surface area contributed by atoms with Crippen molar-refractivity contribution in [2.75, 3.05) is 19.3 Å². The molecule has 0 spiro atoms. The van der Waals surface area contributed by atoms with E-state index in [1.807, 2.05) is 11.8 Å². The predicted molar refractivity (Wildman–Crippen MR) is 70.9 cm³/mol. The highest BCUT2D eigenvalue weighted by Gasteiger charge is 2.26. The molecule has 0 atom stereocenters. The summed E-state index contributed by atoms with van der Waals surface area (Å²) >= 11 is 1.90. The number of nitrogens with one attached hydrogen (secondary N) is 2. The Balaban J connectivity index is 2.18. The van der Waals surface area contributed by atoms with Crippen molar-refractivity contribution in [2.45, 2.75) is 50.3 Å². The van der Waals surface area contributed by atoms with Crippen LogP contribution < -0.4 is 10.6 Å². The topological polar surface area (TPSA) is 41.1 Å². The summed E-state index contributed by atoms with van der Waals surface area (Å²) < 4.78 is 0.292. The summed E-state index contributed by atoms with van der Waals surface area (Å²) in [6.07, 6.45) is 6.75.